The average molecular weight is 681 g/mol. The molecule has 6 aliphatic rings. The number of allylic oxidation sites excluding steroid dienone is 1. The molecule has 1 saturated heterocycles. The van der Waals surface area contributed by atoms with Gasteiger partial charge in [0, 0.05) is 13.0 Å². The van der Waals surface area contributed by atoms with Crippen molar-refractivity contribution in [2.45, 2.75) is 137 Å². The molecule has 0 unspecified atom stereocenters. The molecule has 2 aromatic rings. The van der Waals surface area contributed by atoms with E-state index in [-0.39, 0.29) is 57.5 Å². The number of H-pyrrole nitrogens is 1. The lowest BCUT2D eigenvalue weighted by atomic mass is 9.33. The highest BCUT2D eigenvalue weighted by Crippen LogP contribution is 2.75. The van der Waals surface area contributed by atoms with Gasteiger partial charge in [0.05, 0.1) is 29.6 Å². The number of imidazole rings is 1. The fraction of sp³-hybridized carbons (Fsp3) is 0.698. The number of amides is 2. The number of Topliss-reactive ketones (excluding diaryl/α,β-unsaturated/α-hetero) is 1. The molecular formula is C43H60N4O3. The molecule has 1 aromatic carbocycles. The van der Waals surface area contributed by atoms with Crippen molar-refractivity contribution in [1.82, 2.24) is 20.2 Å². The minimum absolute atomic E-state index is 0.0383. The Morgan fingerprint density at radius 1 is 0.940 bits per heavy atom. The van der Waals surface area contributed by atoms with Gasteiger partial charge in [0.25, 0.3) is 0 Å². The van der Waals surface area contributed by atoms with Gasteiger partial charge in [0.2, 0.25) is 0 Å². The number of aliphatic hydroxyl groups excluding tert-OH is 1. The van der Waals surface area contributed by atoms with Crippen molar-refractivity contribution in [3.8, 4) is 11.3 Å². The molecule has 8 rings (SSSR count). The molecule has 7 nitrogen and oxygen atoms in total. The maximum Gasteiger partial charge on any atom is 0.318 e. The number of nitrogens with one attached hydrogen (secondary N) is 2. The summed E-state index contributed by atoms with van der Waals surface area (Å²) in [5.41, 5.74) is 4.01. The molecule has 1 aromatic heterocycles. The van der Waals surface area contributed by atoms with Gasteiger partial charge in [-0.1, -0.05) is 78.8 Å². The summed E-state index contributed by atoms with van der Waals surface area (Å²) in [6.45, 7) is 17.4. The van der Waals surface area contributed by atoms with Crippen LogP contribution in [-0.4, -0.2) is 50.0 Å². The first kappa shape index (κ1) is 34.2. The average Bonchev–Trinajstić information content (AvgIpc) is 3.81. The van der Waals surface area contributed by atoms with Crippen molar-refractivity contribution in [2.24, 2.45) is 45.3 Å². The van der Waals surface area contributed by atoms with Crippen LogP contribution in [0.5, 0.6) is 0 Å². The van der Waals surface area contributed by atoms with Crippen LogP contribution in [-0.2, 0) is 4.79 Å². The van der Waals surface area contributed by atoms with Crippen LogP contribution in [0.25, 0.3) is 11.3 Å². The van der Waals surface area contributed by atoms with Gasteiger partial charge in [-0.05, 0) is 126 Å². The second-order valence-corrected chi connectivity index (χ2v) is 19.0. The van der Waals surface area contributed by atoms with Gasteiger partial charge >= 0.3 is 6.03 Å². The Morgan fingerprint density at radius 2 is 1.70 bits per heavy atom. The van der Waals surface area contributed by atoms with Crippen LogP contribution in [0.2, 0.25) is 0 Å². The van der Waals surface area contributed by atoms with Crippen molar-refractivity contribution < 1.29 is 14.7 Å². The molecule has 5 fully saturated rings. The van der Waals surface area contributed by atoms with E-state index in [4.69, 9.17) is 4.98 Å². The summed E-state index contributed by atoms with van der Waals surface area (Å²) in [6.07, 6.45) is 12.2. The zero-order valence-corrected chi connectivity index (χ0v) is 31.6. The van der Waals surface area contributed by atoms with E-state index in [1.807, 2.05) is 29.3 Å². The molecule has 5 aliphatic carbocycles. The highest BCUT2D eigenvalue weighted by molar-refractivity contribution is 6.02. The Hall–Kier alpha value is -2.93. The van der Waals surface area contributed by atoms with E-state index in [1.165, 1.54) is 12.0 Å². The second-order valence-electron chi connectivity index (χ2n) is 19.0. The lowest BCUT2D eigenvalue weighted by Crippen LogP contribution is -2.67. The number of likely N-dealkylation sites (tertiary alicyclic amines) is 1. The predicted octanol–water partition coefficient (Wildman–Crippen LogP) is 9.02. The minimum Gasteiger partial charge on any atom is -0.393 e. The number of carbonyl (C=O) groups is 2. The van der Waals surface area contributed by atoms with Crippen LogP contribution in [0.4, 0.5) is 4.79 Å². The zero-order chi connectivity index (χ0) is 35.4. The SMILES string of the molecule is CC(C)C1=C2[C@H]3CC[C@@H]4[C@@]5(C)CC[C@H](O)C(C)(C)[C@@H]5CC[C@@]4(C)[C@]3(C)CC[C@@]2(NC(=O)N2CCC[C@H]2c2ncc(-c3ccccc3)[nH]2)CC1=O. The molecule has 2 heterocycles. The number of aromatic amines is 1. The molecule has 3 N–H and O–H groups in total. The number of rotatable bonds is 4. The van der Waals surface area contributed by atoms with Gasteiger partial charge in [-0.2, -0.15) is 0 Å². The molecule has 7 heteroatoms. The van der Waals surface area contributed by atoms with Gasteiger partial charge in [0.15, 0.2) is 5.78 Å². The Morgan fingerprint density at radius 3 is 2.44 bits per heavy atom. The minimum atomic E-state index is -0.620. The number of ketones is 1. The van der Waals surface area contributed by atoms with Crippen molar-refractivity contribution in [3.63, 3.8) is 0 Å². The molecule has 1 aliphatic heterocycles. The summed E-state index contributed by atoms with van der Waals surface area (Å²) in [7, 11) is 0. The molecule has 0 radical (unpaired) electrons. The van der Waals surface area contributed by atoms with Crippen molar-refractivity contribution in [3.05, 3.63) is 53.5 Å². The van der Waals surface area contributed by atoms with Gasteiger partial charge in [0.1, 0.15) is 5.82 Å². The van der Waals surface area contributed by atoms with Gasteiger partial charge < -0.3 is 20.3 Å². The van der Waals surface area contributed by atoms with Crippen LogP contribution < -0.4 is 5.32 Å². The summed E-state index contributed by atoms with van der Waals surface area (Å²) in [5, 5.41) is 14.8. The fourth-order valence-electron chi connectivity index (χ4n) is 13.6. The third kappa shape index (κ3) is 4.66. The number of aromatic nitrogens is 2. The molecule has 2 amide bonds. The molecule has 270 valence electrons. The fourth-order valence-corrected chi connectivity index (χ4v) is 13.6. The normalized spacial score (nSPS) is 40.7. The monoisotopic (exact) mass is 680 g/mol. The number of fused-ring (bicyclic) bond motifs is 7. The molecule has 4 saturated carbocycles. The van der Waals surface area contributed by atoms with E-state index < -0.39 is 5.54 Å². The smallest absolute Gasteiger partial charge is 0.318 e. The highest BCUT2D eigenvalue weighted by Gasteiger charge is 2.70. The van der Waals surface area contributed by atoms with Crippen LogP contribution in [0.15, 0.2) is 47.7 Å². The van der Waals surface area contributed by atoms with Crippen LogP contribution in [0.3, 0.4) is 0 Å². The summed E-state index contributed by atoms with van der Waals surface area (Å²) < 4.78 is 0. The van der Waals surface area contributed by atoms with Crippen molar-refractivity contribution in [2.75, 3.05) is 6.54 Å². The number of aliphatic hydroxyl groups is 1. The second kappa shape index (κ2) is 11.5. The highest BCUT2D eigenvalue weighted by atomic mass is 16.3. The first-order chi connectivity index (χ1) is 23.7. The summed E-state index contributed by atoms with van der Waals surface area (Å²) in [5.74, 6) is 2.57. The maximum atomic E-state index is 14.5. The van der Waals surface area contributed by atoms with Crippen LogP contribution >= 0.6 is 0 Å². The Bertz CT molecular complexity index is 1710. The quantitative estimate of drug-likeness (QED) is 0.300. The number of benzene rings is 1. The molecular weight excluding hydrogens is 620 g/mol. The predicted molar refractivity (Wildman–Crippen MR) is 197 cm³/mol. The molecule has 0 bridgehead atoms. The van der Waals surface area contributed by atoms with E-state index in [2.05, 4.69) is 70.9 Å². The zero-order valence-electron chi connectivity index (χ0n) is 31.6. The van der Waals surface area contributed by atoms with Crippen molar-refractivity contribution >= 4 is 11.8 Å². The first-order valence-corrected chi connectivity index (χ1v) is 19.8. The Balaban J connectivity index is 1.11. The number of hydrogen-bond donors (Lipinski definition) is 3. The lowest BCUT2D eigenvalue weighted by molar-refractivity contribution is -0.226. The van der Waals surface area contributed by atoms with E-state index >= 15 is 0 Å². The van der Waals surface area contributed by atoms with Gasteiger partial charge in [-0.15, -0.1) is 0 Å². The number of carbonyl (C=O) groups excluding carboxylic acids is 2. The standard InChI is InChI=1S/C43H60N4O3/c1-26(2)35-31(48)24-43(46-38(50)47-23-11-14-30(47)37-44-25-29(45-37)27-12-9-8-10-13-27)22-21-41(6)28(36(35)43)15-16-33-40(5)19-18-34(49)39(3,4)32(40)17-20-42(33,41)7/h8-10,12-13,25-26,28,30,32-34,49H,11,14-24H2,1-7H3,(H,44,45)(H,46,50)/t28-,30+,32+,33-,34+,40+,41-,42-,43-/m1/s1. The summed E-state index contributed by atoms with van der Waals surface area (Å²) in [4.78, 5) is 38.9. The Kier molecular flexibility index (Phi) is 7.88. The summed E-state index contributed by atoms with van der Waals surface area (Å²) >= 11 is 0. The number of nitrogens with zero attached hydrogens (tertiary/aromatic N) is 2. The lowest BCUT2D eigenvalue weighted by Gasteiger charge is -2.72. The van der Waals surface area contributed by atoms with E-state index in [1.54, 1.807) is 0 Å². The van der Waals surface area contributed by atoms with Crippen LogP contribution in [0.1, 0.15) is 131 Å². The molecule has 50 heavy (non-hydrogen) atoms. The summed E-state index contributed by atoms with van der Waals surface area (Å²) in [6, 6.07) is 10.0. The van der Waals surface area contributed by atoms with Gasteiger partial charge in [-0.3, -0.25) is 4.79 Å². The first-order valence-electron chi connectivity index (χ1n) is 19.8. The largest absolute Gasteiger partial charge is 0.393 e. The third-order valence-corrected chi connectivity index (χ3v) is 16.3. The van der Waals surface area contributed by atoms with Crippen molar-refractivity contribution in [1.29, 1.82) is 0 Å². The maximum absolute atomic E-state index is 14.5. The number of urea groups is 1. The number of hydrogen-bond acceptors (Lipinski definition) is 4. The molecule has 0 spiro atoms. The van der Waals surface area contributed by atoms with Gasteiger partial charge in [-0.25, -0.2) is 9.78 Å². The topological polar surface area (TPSA) is 98.3 Å². The van der Waals surface area contributed by atoms with E-state index in [0.29, 0.717) is 24.8 Å². The molecule has 9 atom stereocenters. The van der Waals surface area contributed by atoms with E-state index in [0.717, 1.165) is 80.4 Å². The van der Waals surface area contributed by atoms with E-state index in [9.17, 15) is 14.7 Å². The third-order valence-electron chi connectivity index (χ3n) is 16.3. The Labute approximate surface area is 299 Å². The van der Waals surface area contributed by atoms with Crippen LogP contribution in [0, 0.1) is 45.3 Å².